The summed E-state index contributed by atoms with van der Waals surface area (Å²) in [4.78, 5) is 25.3. The van der Waals surface area contributed by atoms with Gasteiger partial charge in [0.05, 0.1) is 34.1 Å². The van der Waals surface area contributed by atoms with E-state index in [4.69, 9.17) is 4.74 Å². The molecule has 3 heterocycles. The molecule has 1 amide bonds. The minimum atomic E-state index is -0.960. The number of nitrogens with zero attached hydrogens (tertiary/aromatic N) is 2. The third kappa shape index (κ3) is 1.85. The van der Waals surface area contributed by atoms with Gasteiger partial charge in [0.2, 0.25) is 5.91 Å². The number of rotatable bonds is 2. The smallest absolute Gasteiger partial charge is 0.277 e. The Hall–Kier alpha value is -2.51. The van der Waals surface area contributed by atoms with E-state index >= 15 is 0 Å². The minimum Gasteiger partial charge on any atom is -0.374 e. The largest absolute Gasteiger partial charge is 0.374 e. The van der Waals surface area contributed by atoms with Gasteiger partial charge in [-0.3, -0.25) is 19.8 Å². The lowest BCUT2D eigenvalue weighted by atomic mass is 9.81. The van der Waals surface area contributed by atoms with Crippen LogP contribution in [0.4, 0.5) is 11.4 Å². The Bertz CT molecular complexity index is 913. The predicted molar refractivity (Wildman–Crippen MR) is 89.0 cm³/mol. The number of hydrogen-bond acceptors (Lipinski definition) is 5. The second-order valence-electron chi connectivity index (χ2n) is 6.92. The molecule has 128 valence electrons. The topological polar surface area (TPSA) is 92.9 Å². The van der Waals surface area contributed by atoms with Crippen LogP contribution in [0.25, 0.3) is 10.8 Å². The third-order valence-electron chi connectivity index (χ3n) is 5.80. The van der Waals surface area contributed by atoms with Gasteiger partial charge in [0.25, 0.3) is 5.69 Å². The molecular weight excluding hydrogens is 324 g/mol. The zero-order valence-corrected chi connectivity index (χ0v) is 13.2. The number of carbonyl (C=O) groups is 1. The quantitative estimate of drug-likeness (QED) is 0.668. The van der Waals surface area contributed by atoms with Crippen LogP contribution in [0.2, 0.25) is 0 Å². The molecule has 0 aromatic heterocycles. The standard InChI is InChI=1S/C18H16N2O5/c21-17-15-13-7-8-14(25-13)16(15)18(22)19(17)11-5-6-12(20(23)24)10-4-2-1-3-9(10)11/h1-6,13-17,21H,7-8H2/t13-,14+,15-,16+,17?/m1/s1. The molecule has 0 radical (unpaired) electrons. The van der Waals surface area contributed by atoms with E-state index < -0.39 is 11.2 Å². The van der Waals surface area contributed by atoms with Crippen LogP contribution in [-0.4, -0.2) is 34.4 Å². The van der Waals surface area contributed by atoms with E-state index in [1.54, 1.807) is 30.3 Å². The number of non-ortho nitro benzene ring substituents is 1. The maximum Gasteiger partial charge on any atom is 0.277 e. The van der Waals surface area contributed by atoms with E-state index in [0.717, 1.165) is 12.8 Å². The van der Waals surface area contributed by atoms with E-state index in [9.17, 15) is 20.0 Å². The number of nitro benzene ring substituents is 1. The van der Waals surface area contributed by atoms with Crippen LogP contribution < -0.4 is 4.90 Å². The summed E-state index contributed by atoms with van der Waals surface area (Å²) in [7, 11) is 0. The Morgan fingerprint density at radius 3 is 2.56 bits per heavy atom. The molecular formula is C18H16N2O5. The molecule has 0 aliphatic carbocycles. The Morgan fingerprint density at radius 2 is 1.84 bits per heavy atom. The first-order chi connectivity index (χ1) is 12.1. The van der Waals surface area contributed by atoms with Gasteiger partial charge in [-0.2, -0.15) is 0 Å². The fourth-order valence-corrected chi connectivity index (χ4v) is 4.78. The van der Waals surface area contributed by atoms with Gasteiger partial charge >= 0.3 is 0 Å². The van der Waals surface area contributed by atoms with Crippen LogP contribution in [0, 0.1) is 22.0 Å². The molecule has 3 fully saturated rings. The normalized spacial score (nSPS) is 33.2. The van der Waals surface area contributed by atoms with E-state index in [0.29, 0.717) is 16.5 Å². The highest BCUT2D eigenvalue weighted by molar-refractivity contribution is 6.08. The molecule has 0 spiro atoms. The van der Waals surface area contributed by atoms with E-state index in [1.807, 2.05) is 0 Å². The Morgan fingerprint density at radius 1 is 1.12 bits per heavy atom. The molecule has 3 saturated heterocycles. The van der Waals surface area contributed by atoms with Crippen molar-refractivity contribution in [2.45, 2.75) is 31.3 Å². The Labute approximate surface area is 142 Å². The summed E-state index contributed by atoms with van der Waals surface area (Å²) in [6.07, 6.45) is 0.553. The number of carbonyl (C=O) groups excluding carboxylic acids is 1. The maximum atomic E-state index is 13.0. The monoisotopic (exact) mass is 340 g/mol. The number of nitro groups is 1. The van der Waals surface area contributed by atoms with Crippen molar-refractivity contribution < 1.29 is 19.6 Å². The fourth-order valence-electron chi connectivity index (χ4n) is 4.78. The van der Waals surface area contributed by atoms with Crippen molar-refractivity contribution in [3.8, 4) is 0 Å². The fraction of sp³-hybridized carbons (Fsp3) is 0.389. The van der Waals surface area contributed by atoms with Crippen LogP contribution in [0.5, 0.6) is 0 Å². The lowest BCUT2D eigenvalue weighted by Crippen LogP contribution is -2.38. The zero-order valence-electron chi connectivity index (χ0n) is 13.2. The second kappa shape index (κ2) is 5.00. The predicted octanol–water partition coefficient (Wildman–Crippen LogP) is 2.21. The minimum absolute atomic E-state index is 0.0101. The highest BCUT2D eigenvalue weighted by Crippen LogP contribution is 2.52. The van der Waals surface area contributed by atoms with Crippen LogP contribution in [0.15, 0.2) is 36.4 Å². The Kier molecular flexibility index (Phi) is 2.96. The van der Waals surface area contributed by atoms with Crippen LogP contribution in [-0.2, 0) is 9.53 Å². The van der Waals surface area contributed by atoms with Crippen molar-refractivity contribution >= 4 is 28.1 Å². The number of ether oxygens (including phenoxy) is 1. The summed E-state index contributed by atoms with van der Waals surface area (Å²) in [6.45, 7) is 0. The molecule has 1 N–H and O–H groups in total. The third-order valence-corrected chi connectivity index (χ3v) is 5.80. The first-order valence-electron chi connectivity index (χ1n) is 8.40. The highest BCUT2D eigenvalue weighted by atomic mass is 16.6. The van der Waals surface area contributed by atoms with Crippen molar-refractivity contribution in [2.24, 2.45) is 11.8 Å². The maximum absolute atomic E-state index is 13.0. The number of hydrogen-bond donors (Lipinski definition) is 1. The molecule has 1 unspecified atom stereocenters. The van der Waals surface area contributed by atoms with Gasteiger partial charge in [-0.25, -0.2) is 0 Å². The van der Waals surface area contributed by atoms with E-state index in [2.05, 4.69) is 0 Å². The van der Waals surface area contributed by atoms with Crippen LogP contribution in [0.3, 0.4) is 0 Å². The van der Waals surface area contributed by atoms with E-state index in [-0.39, 0.29) is 35.6 Å². The Balaban J connectivity index is 1.66. The van der Waals surface area contributed by atoms with Gasteiger partial charge in [0.1, 0.15) is 6.23 Å². The van der Waals surface area contributed by atoms with Crippen LogP contribution in [0.1, 0.15) is 12.8 Å². The number of fused-ring (bicyclic) bond motifs is 6. The molecule has 3 aliphatic heterocycles. The number of anilines is 1. The van der Waals surface area contributed by atoms with Crippen molar-refractivity contribution in [2.75, 3.05) is 4.90 Å². The number of benzene rings is 2. The molecule has 25 heavy (non-hydrogen) atoms. The summed E-state index contributed by atoms with van der Waals surface area (Å²) in [5, 5.41) is 23.2. The van der Waals surface area contributed by atoms with E-state index in [1.165, 1.54) is 11.0 Å². The van der Waals surface area contributed by atoms with Gasteiger partial charge in [0.15, 0.2) is 0 Å². The average Bonchev–Trinajstić information content (AvgIpc) is 3.28. The lowest BCUT2D eigenvalue weighted by Gasteiger charge is -2.26. The molecule has 7 nitrogen and oxygen atoms in total. The molecule has 5 rings (SSSR count). The number of amides is 1. The summed E-state index contributed by atoms with van der Waals surface area (Å²) < 4.78 is 5.81. The van der Waals surface area contributed by atoms with Crippen molar-refractivity contribution in [3.05, 3.63) is 46.5 Å². The highest BCUT2D eigenvalue weighted by Gasteiger charge is 2.62. The zero-order chi connectivity index (χ0) is 17.3. The molecule has 5 atom stereocenters. The van der Waals surface area contributed by atoms with Gasteiger partial charge in [-0.15, -0.1) is 0 Å². The van der Waals surface area contributed by atoms with Gasteiger partial charge < -0.3 is 9.84 Å². The average molecular weight is 340 g/mol. The summed E-state index contributed by atoms with van der Waals surface area (Å²) >= 11 is 0. The molecule has 7 heteroatoms. The van der Waals surface area contributed by atoms with Crippen molar-refractivity contribution in [3.63, 3.8) is 0 Å². The lowest BCUT2D eigenvalue weighted by molar-refractivity contribution is -0.383. The second-order valence-corrected chi connectivity index (χ2v) is 6.92. The molecule has 2 bridgehead atoms. The first kappa shape index (κ1) is 14.8. The summed E-state index contributed by atoms with van der Waals surface area (Å²) in [5.74, 6) is -0.688. The molecule has 0 saturated carbocycles. The molecule has 2 aromatic carbocycles. The first-order valence-corrected chi connectivity index (χ1v) is 8.40. The van der Waals surface area contributed by atoms with Crippen LogP contribution >= 0.6 is 0 Å². The molecule has 3 aliphatic rings. The van der Waals surface area contributed by atoms with Gasteiger partial charge in [0, 0.05) is 17.4 Å². The molecule has 2 aromatic rings. The van der Waals surface area contributed by atoms with Gasteiger partial charge in [-0.05, 0) is 25.0 Å². The summed E-state index contributed by atoms with van der Waals surface area (Å²) in [6, 6.07) is 9.87. The summed E-state index contributed by atoms with van der Waals surface area (Å²) in [5.41, 5.74) is 0.511. The number of aliphatic hydroxyl groups excluding tert-OH is 1. The van der Waals surface area contributed by atoms with Gasteiger partial charge in [-0.1, -0.05) is 18.2 Å². The SMILES string of the molecule is O=C1[C@@H]2[C@H](C(O)N1c1ccc([N+](=O)[O-])c3ccccc13)[C@H]1CC[C@@H]2O1. The number of aliphatic hydroxyl groups is 1. The van der Waals surface area contributed by atoms with Crippen molar-refractivity contribution in [1.29, 1.82) is 0 Å². The van der Waals surface area contributed by atoms with Crippen molar-refractivity contribution in [1.82, 2.24) is 0 Å².